The predicted octanol–water partition coefficient (Wildman–Crippen LogP) is 4.44. The van der Waals surface area contributed by atoms with E-state index in [9.17, 15) is 9.90 Å². The number of methoxy groups -OCH3 is 1. The van der Waals surface area contributed by atoms with Crippen LogP contribution >= 0.6 is 15.9 Å². The van der Waals surface area contributed by atoms with Gasteiger partial charge in [-0.1, -0.05) is 6.07 Å². The van der Waals surface area contributed by atoms with Crippen LogP contribution in [0.5, 0.6) is 5.75 Å². The molecule has 0 atom stereocenters. The number of hydrogen-bond donors (Lipinski definition) is 1. The number of carboxylic acids is 1. The zero-order valence-corrected chi connectivity index (χ0v) is 13.1. The van der Waals surface area contributed by atoms with E-state index in [4.69, 9.17) is 4.74 Å². The van der Waals surface area contributed by atoms with Gasteiger partial charge in [0.2, 0.25) is 0 Å². The Morgan fingerprint density at radius 1 is 1.15 bits per heavy atom. The van der Waals surface area contributed by atoms with Crippen LogP contribution in [-0.2, 0) is 0 Å². The molecule has 4 heteroatoms. The average Bonchev–Trinajstić information content (AvgIpc) is 2.41. The fourth-order valence-electron chi connectivity index (χ4n) is 2.18. The average molecular weight is 335 g/mol. The smallest absolute Gasteiger partial charge is 0.336 e. The van der Waals surface area contributed by atoms with Crippen LogP contribution < -0.4 is 4.74 Å². The Kier molecular flexibility index (Phi) is 4.14. The number of halogens is 1. The molecule has 0 unspecified atom stereocenters. The normalized spacial score (nSPS) is 10.4. The molecule has 0 heterocycles. The lowest BCUT2D eigenvalue weighted by molar-refractivity contribution is 0.0696. The summed E-state index contributed by atoms with van der Waals surface area (Å²) in [4.78, 5) is 11.2. The number of ether oxygens (including phenoxy) is 1. The van der Waals surface area contributed by atoms with Crippen LogP contribution in [0, 0.1) is 13.8 Å². The first-order valence-corrected chi connectivity index (χ1v) is 6.91. The third kappa shape index (κ3) is 2.70. The molecular formula is C16H15BrO3. The molecule has 0 aromatic heterocycles. The van der Waals surface area contributed by atoms with Gasteiger partial charge in [-0.25, -0.2) is 4.79 Å². The summed E-state index contributed by atoms with van der Waals surface area (Å²) < 4.78 is 5.88. The van der Waals surface area contributed by atoms with Gasteiger partial charge >= 0.3 is 5.97 Å². The summed E-state index contributed by atoms with van der Waals surface area (Å²) in [5.41, 5.74) is 4.22. The van der Waals surface area contributed by atoms with Crippen LogP contribution in [0.2, 0.25) is 0 Å². The number of benzene rings is 2. The highest BCUT2D eigenvalue weighted by Gasteiger charge is 2.12. The highest BCUT2D eigenvalue weighted by atomic mass is 79.9. The highest BCUT2D eigenvalue weighted by Crippen LogP contribution is 2.32. The van der Waals surface area contributed by atoms with Crippen molar-refractivity contribution in [2.45, 2.75) is 13.8 Å². The van der Waals surface area contributed by atoms with Gasteiger partial charge in [0, 0.05) is 4.47 Å². The molecule has 3 nitrogen and oxygen atoms in total. The molecule has 1 N–H and O–H groups in total. The van der Waals surface area contributed by atoms with Gasteiger partial charge in [-0.05, 0) is 76.3 Å². The van der Waals surface area contributed by atoms with Crippen molar-refractivity contribution in [2.24, 2.45) is 0 Å². The number of rotatable bonds is 3. The topological polar surface area (TPSA) is 46.5 Å². The third-order valence-corrected chi connectivity index (χ3v) is 3.94. The number of aromatic carboxylic acids is 1. The van der Waals surface area contributed by atoms with E-state index in [1.165, 1.54) is 0 Å². The fraction of sp³-hybridized carbons (Fsp3) is 0.188. The van der Waals surface area contributed by atoms with Crippen LogP contribution in [-0.4, -0.2) is 18.2 Å². The van der Waals surface area contributed by atoms with Crippen LogP contribution in [0.3, 0.4) is 0 Å². The van der Waals surface area contributed by atoms with E-state index in [1.54, 1.807) is 19.2 Å². The Labute approximate surface area is 126 Å². The van der Waals surface area contributed by atoms with E-state index in [1.807, 2.05) is 32.0 Å². The van der Waals surface area contributed by atoms with Crippen LogP contribution in [0.15, 0.2) is 34.8 Å². The predicted molar refractivity (Wildman–Crippen MR) is 82.6 cm³/mol. The van der Waals surface area contributed by atoms with Gasteiger partial charge < -0.3 is 9.84 Å². The molecule has 2 aromatic carbocycles. The van der Waals surface area contributed by atoms with Gasteiger partial charge in [0.25, 0.3) is 0 Å². The van der Waals surface area contributed by atoms with Crippen molar-refractivity contribution in [1.82, 2.24) is 0 Å². The van der Waals surface area contributed by atoms with Gasteiger partial charge in [0.1, 0.15) is 5.75 Å². The number of hydrogen-bond acceptors (Lipinski definition) is 2. The van der Waals surface area contributed by atoms with Crippen molar-refractivity contribution in [2.75, 3.05) is 7.11 Å². The van der Waals surface area contributed by atoms with E-state index < -0.39 is 5.97 Å². The summed E-state index contributed by atoms with van der Waals surface area (Å²) in [5, 5.41) is 9.19. The second kappa shape index (κ2) is 5.67. The molecule has 0 amide bonds. The molecule has 0 fully saturated rings. The van der Waals surface area contributed by atoms with Crippen molar-refractivity contribution in [1.29, 1.82) is 0 Å². The van der Waals surface area contributed by atoms with Crippen LogP contribution in [0.25, 0.3) is 11.1 Å². The van der Waals surface area contributed by atoms with Crippen molar-refractivity contribution in [3.05, 3.63) is 51.5 Å². The zero-order valence-electron chi connectivity index (χ0n) is 11.5. The first-order chi connectivity index (χ1) is 9.43. The molecular weight excluding hydrogens is 320 g/mol. The second-order valence-corrected chi connectivity index (χ2v) is 5.49. The lowest BCUT2D eigenvalue weighted by atomic mass is 9.96. The van der Waals surface area contributed by atoms with E-state index in [2.05, 4.69) is 15.9 Å². The van der Waals surface area contributed by atoms with Gasteiger partial charge in [-0.3, -0.25) is 0 Å². The fourth-order valence-corrected chi connectivity index (χ4v) is 2.59. The molecule has 0 aliphatic heterocycles. The van der Waals surface area contributed by atoms with Gasteiger partial charge in [-0.15, -0.1) is 0 Å². The molecule has 0 aliphatic carbocycles. The van der Waals surface area contributed by atoms with Gasteiger partial charge in [0.15, 0.2) is 0 Å². The Morgan fingerprint density at radius 3 is 2.45 bits per heavy atom. The molecule has 0 saturated heterocycles. The van der Waals surface area contributed by atoms with Crippen molar-refractivity contribution < 1.29 is 14.6 Å². The van der Waals surface area contributed by atoms with E-state index in [0.717, 1.165) is 28.0 Å². The zero-order chi connectivity index (χ0) is 14.9. The van der Waals surface area contributed by atoms with Crippen molar-refractivity contribution in [3.63, 3.8) is 0 Å². The largest absolute Gasteiger partial charge is 0.496 e. The van der Waals surface area contributed by atoms with E-state index in [-0.39, 0.29) is 5.56 Å². The Morgan fingerprint density at radius 2 is 1.85 bits per heavy atom. The van der Waals surface area contributed by atoms with E-state index in [0.29, 0.717) is 4.47 Å². The van der Waals surface area contributed by atoms with Crippen molar-refractivity contribution >= 4 is 21.9 Å². The maximum Gasteiger partial charge on any atom is 0.336 e. The molecule has 0 aliphatic rings. The minimum absolute atomic E-state index is 0.260. The standard InChI is InChI=1S/C16H15BrO3/c1-9-7-15(20-3)10(2)6-12(9)11-4-5-14(17)13(8-11)16(18)19/h4-8H,1-3H3,(H,18,19). The molecule has 0 saturated carbocycles. The molecule has 0 spiro atoms. The van der Waals surface area contributed by atoms with Crippen LogP contribution in [0.4, 0.5) is 0 Å². The Balaban J connectivity index is 2.60. The second-order valence-electron chi connectivity index (χ2n) is 4.64. The minimum atomic E-state index is -0.943. The first-order valence-electron chi connectivity index (χ1n) is 6.12. The monoisotopic (exact) mass is 334 g/mol. The number of aryl methyl sites for hydroxylation is 2. The number of carboxylic acid groups (broad SMARTS) is 1. The Bertz CT molecular complexity index is 678. The molecule has 0 radical (unpaired) electrons. The lowest BCUT2D eigenvalue weighted by Crippen LogP contribution is -1.98. The SMILES string of the molecule is COc1cc(C)c(-c2ccc(Br)c(C(=O)O)c2)cc1C. The maximum atomic E-state index is 11.2. The summed E-state index contributed by atoms with van der Waals surface area (Å²) in [6, 6.07) is 9.33. The summed E-state index contributed by atoms with van der Waals surface area (Å²) in [6.45, 7) is 3.96. The summed E-state index contributed by atoms with van der Waals surface area (Å²) in [5.74, 6) is -0.108. The highest BCUT2D eigenvalue weighted by molar-refractivity contribution is 9.10. The quantitative estimate of drug-likeness (QED) is 0.902. The summed E-state index contributed by atoms with van der Waals surface area (Å²) in [6.07, 6.45) is 0. The van der Waals surface area contributed by atoms with Gasteiger partial charge in [0.05, 0.1) is 12.7 Å². The molecule has 0 bridgehead atoms. The lowest BCUT2D eigenvalue weighted by Gasteiger charge is -2.12. The number of carbonyl (C=O) groups is 1. The molecule has 20 heavy (non-hydrogen) atoms. The maximum absolute atomic E-state index is 11.2. The van der Waals surface area contributed by atoms with Gasteiger partial charge in [-0.2, -0.15) is 0 Å². The minimum Gasteiger partial charge on any atom is -0.496 e. The molecule has 104 valence electrons. The Hall–Kier alpha value is -1.81. The first kappa shape index (κ1) is 14.6. The summed E-state index contributed by atoms with van der Waals surface area (Å²) in [7, 11) is 1.64. The summed E-state index contributed by atoms with van der Waals surface area (Å²) >= 11 is 3.26. The van der Waals surface area contributed by atoms with Crippen molar-refractivity contribution in [3.8, 4) is 16.9 Å². The van der Waals surface area contributed by atoms with Crippen LogP contribution in [0.1, 0.15) is 21.5 Å². The van der Waals surface area contributed by atoms with E-state index >= 15 is 0 Å². The molecule has 2 rings (SSSR count). The third-order valence-electron chi connectivity index (χ3n) is 3.25. The molecule has 2 aromatic rings.